The first kappa shape index (κ1) is 25.1. The van der Waals surface area contributed by atoms with Crippen LogP contribution in [0.15, 0.2) is 53.7 Å². The first-order valence-electron chi connectivity index (χ1n) is 12.5. The molecule has 2 aliphatic heterocycles. The molecular formula is C28H33N3O3S2. The number of aromatic nitrogens is 1. The summed E-state index contributed by atoms with van der Waals surface area (Å²) in [4.78, 5) is 24.2. The lowest BCUT2D eigenvalue weighted by Crippen LogP contribution is -2.34. The Morgan fingerprint density at radius 3 is 2.94 bits per heavy atom. The van der Waals surface area contributed by atoms with E-state index in [-0.39, 0.29) is 5.91 Å². The van der Waals surface area contributed by atoms with E-state index in [1.807, 2.05) is 23.1 Å². The van der Waals surface area contributed by atoms with Gasteiger partial charge in [0.15, 0.2) is 11.5 Å². The van der Waals surface area contributed by atoms with Gasteiger partial charge in [0, 0.05) is 40.5 Å². The number of pyridine rings is 1. The number of nitrogens with zero attached hydrogens (tertiary/aromatic N) is 3. The fraction of sp³-hybridized carbons (Fsp3) is 0.429. The highest BCUT2D eigenvalue weighted by atomic mass is 32.2. The van der Waals surface area contributed by atoms with Crippen LogP contribution in [0.5, 0.6) is 11.5 Å². The summed E-state index contributed by atoms with van der Waals surface area (Å²) < 4.78 is 12.7. The molecule has 1 aromatic carbocycles. The number of ether oxygens (including phenoxy) is 2. The van der Waals surface area contributed by atoms with Gasteiger partial charge in [-0.15, -0.1) is 11.3 Å². The highest BCUT2D eigenvalue weighted by molar-refractivity contribution is 7.99. The summed E-state index contributed by atoms with van der Waals surface area (Å²) in [6, 6.07) is 14.3. The molecule has 0 spiro atoms. The van der Waals surface area contributed by atoms with E-state index in [1.165, 1.54) is 34.4 Å². The van der Waals surface area contributed by atoms with E-state index in [1.54, 1.807) is 17.5 Å². The number of hydrogen-bond donors (Lipinski definition) is 0. The summed E-state index contributed by atoms with van der Waals surface area (Å²) in [5, 5.41) is 0.858. The fourth-order valence-electron chi connectivity index (χ4n) is 4.81. The van der Waals surface area contributed by atoms with Gasteiger partial charge in [-0.1, -0.05) is 17.8 Å². The summed E-state index contributed by atoms with van der Waals surface area (Å²) in [6.07, 6.45) is 4.15. The number of likely N-dealkylation sites (tertiary alicyclic amines) is 1. The van der Waals surface area contributed by atoms with Crippen molar-refractivity contribution in [3.63, 3.8) is 0 Å². The number of piperidine rings is 1. The fourth-order valence-corrected chi connectivity index (χ4v) is 6.43. The lowest BCUT2D eigenvalue weighted by molar-refractivity contribution is -0.129. The number of aryl methyl sites for hydroxylation is 1. The molecule has 0 bridgehead atoms. The number of amides is 1. The van der Waals surface area contributed by atoms with E-state index >= 15 is 0 Å². The monoisotopic (exact) mass is 523 g/mol. The Morgan fingerprint density at radius 1 is 1.25 bits per heavy atom. The molecule has 5 rings (SSSR count). The predicted molar refractivity (Wildman–Crippen MR) is 146 cm³/mol. The number of thioether (sulfide) groups is 1. The first-order chi connectivity index (χ1) is 17.5. The predicted octanol–water partition coefficient (Wildman–Crippen LogP) is 5.35. The second-order valence-corrected chi connectivity index (χ2v) is 11.9. The number of fused-ring (bicyclic) bond motifs is 1. The smallest absolute Gasteiger partial charge is 0.233 e. The summed E-state index contributed by atoms with van der Waals surface area (Å²) in [6.45, 7) is 6.53. The zero-order chi connectivity index (χ0) is 24.9. The molecule has 0 N–H and O–H groups in total. The van der Waals surface area contributed by atoms with Gasteiger partial charge in [0.1, 0.15) is 6.61 Å². The molecule has 2 aliphatic rings. The van der Waals surface area contributed by atoms with Crippen molar-refractivity contribution in [3.05, 3.63) is 59.1 Å². The average Bonchev–Trinajstić information content (AvgIpc) is 3.20. The van der Waals surface area contributed by atoms with Crippen molar-refractivity contribution in [3.8, 4) is 21.9 Å². The number of benzene rings is 1. The third kappa shape index (κ3) is 6.22. The molecule has 0 saturated carbocycles. The standard InChI is InChI=1S/C28H33N3O3S2/c1-20-8-9-25(36-20)22-14-23-17-31(27(32)19-35-26-7-3-4-10-29-26)12-13-33-28(23)24(15-22)34-18-21-6-5-11-30(2)16-21/h3-4,7-10,14-15,21H,5-6,11-13,16-19H2,1-2H3. The summed E-state index contributed by atoms with van der Waals surface area (Å²) in [5.41, 5.74) is 2.12. The van der Waals surface area contributed by atoms with E-state index < -0.39 is 0 Å². The maximum atomic E-state index is 13.1. The Balaban J connectivity index is 1.37. The van der Waals surface area contributed by atoms with Gasteiger partial charge in [0.05, 0.1) is 23.9 Å². The van der Waals surface area contributed by atoms with Gasteiger partial charge in [-0.05, 0) is 75.3 Å². The summed E-state index contributed by atoms with van der Waals surface area (Å²) >= 11 is 3.24. The molecule has 1 fully saturated rings. The number of carbonyl (C=O) groups excluding carboxylic acids is 1. The molecule has 6 nitrogen and oxygen atoms in total. The Hall–Kier alpha value is -2.55. The van der Waals surface area contributed by atoms with Crippen molar-refractivity contribution in [2.45, 2.75) is 31.3 Å². The number of hydrogen-bond acceptors (Lipinski definition) is 7. The molecule has 1 saturated heterocycles. The molecule has 0 radical (unpaired) electrons. The second kappa shape index (κ2) is 11.7. The Kier molecular flexibility index (Phi) is 8.14. The number of carbonyl (C=O) groups is 1. The minimum absolute atomic E-state index is 0.0900. The van der Waals surface area contributed by atoms with E-state index in [0.29, 0.717) is 38.0 Å². The molecule has 2 aromatic heterocycles. The van der Waals surface area contributed by atoms with Crippen molar-refractivity contribution in [2.75, 3.05) is 45.6 Å². The second-order valence-electron chi connectivity index (χ2n) is 9.57. The summed E-state index contributed by atoms with van der Waals surface area (Å²) in [5.74, 6) is 2.53. The molecule has 0 aliphatic carbocycles. The third-order valence-corrected chi connectivity index (χ3v) is 8.63. The van der Waals surface area contributed by atoms with Crippen LogP contribution >= 0.6 is 23.1 Å². The van der Waals surface area contributed by atoms with Crippen LogP contribution in [-0.4, -0.2) is 66.3 Å². The minimum Gasteiger partial charge on any atom is -0.489 e. The number of thiophene rings is 1. The zero-order valence-corrected chi connectivity index (χ0v) is 22.6. The number of rotatable bonds is 7. The van der Waals surface area contributed by atoms with Gasteiger partial charge in [-0.25, -0.2) is 4.98 Å². The first-order valence-corrected chi connectivity index (χ1v) is 14.3. The van der Waals surface area contributed by atoms with Crippen LogP contribution in [0.2, 0.25) is 0 Å². The highest BCUT2D eigenvalue weighted by Crippen LogP contribution is 2.40. The van der Waals surface area contributed by atoms with Gasteiger partial charge in [-0.2, -0.15) is 0 Å². The molecule has 190 valence electrons. The van der Waals surface area contributed by atoms with Gasteiger partial charge < -0.3 is 19.3 Å². The lowest BCUT2D eigenvalue weighted by Gasteiger charge is -2.29. The highest BCUT2D eigenvalue weighted by Gasteiger charge is 2.25. The van der Waals surface area contributed by atoms with Crippen molar-refractivity contribution < 1.29 is 14.3 Å². The quantitative estimate of drug-likeness (QED) is 0.389. The molecular weight excluding hydrogens is 490 g/mol. The Bertz CT molecular complexity index is 1180. The van der Waals surface area contributed by atoms with E-state index in [2.05, 4.69) is 48.1 Å². The molecule has 1 unspecified atom stereocenters. The summed E-state index contributed by atoms with van der Waals surface area (Å²) in [7, 11) is 2.18. The van der Waals surface area contributed by atoms with Crippen LogP contribution in [0.1, 0.15) is 23.3 Å². The van der Waals surface area contributed by atoms with Gasteiger partial charge in [-0.3, -0.25) is 4.79 Å². The molecule has 3 aromatic rings. The normalized spacial score (nSPS) is 18.3. The van der Waals surface area contributed by atoms with Crippen molar-refractivity contribution in [1.82, 2.24) is 14.8 Å². The molecule has 1 atom stereocenters. The van der Waals surface area contributed by atoms with Gasteiger partial charge >= 0.3 is 0 Å². The van der Waals surface area contributed by atoms with E-state index in [9.17, 15) is 4.79 Å². The van der Waals surface area contributed by atoms with Gasteiger partial charge in [0.25, 0.3) is 0 Å². The Morgan fingerprint density at radius 2 is 2.17 bits per heavy atom. The van der Waals surface area contributed by atoms with Crippen LogP contribution in [-0.2, 0) is 11.3 Å². The SMILES string of the molecule is Cc1ccc(-c2cc3c(c(OCC4CCCN(C)C4)c2)OCCN(C(=O)CSc2ccccn2)C3)s1. The van der Waals surface area contributed by atoms with Crippen molar-refractivity contribution in [2.24, 2.45) is 5.92 Å². The van der Waals surface area contributed by atoms with Crippen molar-refractivity contribution in [1.29, 1.82) is 0 Å². The van der Waals surface area contributed by atoms with Crippen LogP contribution in [0.25, 0.3) is 10.4 Å². The largest absolute Gasteiger partial charge is 0.489 e. The van der Waals surface area contributed by atoms with Crippen LogP contribution in [0.3, 0.4) is 0 Å². The molecule has 8 heteroatoms. The Labute approximate surface area is 221 Å². The van der Waals surface area contributed by atoms with Crippen LogP contribution in [0.4, 0.5) is 0 Å². The van der Waals surface area contributed by atoms with Crippen molar-refractivity contribution >= 4 is 29.0 Å². The third-order valence-electron chi connectivity index (χ3n) is 6.66. The topological polar surface area (TPSA) is 54.9 Å². The lowest BCUT2D eigenvalue weighted by atomic mass is 9.99. The van der Waals surface area contributed by atoms with Crippen LogP contribution < -0.4 is 9.47 Å². The minimum atomic E-state index is 0.0900. The zero-order valence-electron chi connectivity index (χ0n) is 20.9. The maximum Gasteiger partial charge on any atom is 0.233 e. The maximum absolute atomic E-state index is 13.1. The van der Waals surface area contributed by atoms with Gasteiger partial charge in [0.2, 0.25) is 5.91 Å². The molecule has 4 heterocycles. The van der Waals surface area contributed by atoms with E-state index in [4.69, 9.17) is 9.47 Å². The van der Waals surface area contributed by atoms with E-state index in [0.717, 1.165) is 40.7 Å². The average molecular weight is 524 g/mol. The van der Waals surface area contributed by atoms with Crippen LogP contribution in [0, 0.1) is 12.8 Å². The molecule has 1 amide bonds. The molecule has 36 heavy (non-hydrogen) atoms.